The Hall–Kier alpha value is -1.75. The molecule has 0 aliphatic carbocycles. The molecule has 0 saturated heterocycles. The summed E-state index contributed by atoms with van der Waals surface area (Å²) in [5.74, 6) is 1.44. The lowest BCUT2D eigenvalue weighted by Gasteiger charge is -1.94. The molecule has 5 nitrogen and oxygen atoms in total. The molecule has 5 heteroatoms. The fourth-order valence-corrected chi connectivity index (χ4v) is 1.56. The van der Waals surface area contributed by atoms with Crippen LogP contribution in [0.15, 0.2) is 29.0 Å². The highest BCUT2D eigenvalue weighted by Gasteiger charge is 2.06. The molecule has 0 amide bonds. The lowest BCUT2D eigenvalue weighted by atomic mass is 10.2. The van der Waals surface area contributed by atoms with Gasteiger partial charge in [-0.1, -0.05) is 5.16 Å². The maximum atomic E-state index is 5.18. The standard InChI is InChI=1S/C12H16N4O/c1-13-6-2-3-12-15-11(16-17-12)9-10-4-7-14-8-5-10/h4-5,7-8,13H,2-3,6,9H2,1H3. The number of hydrogen-bond acceptors (Lipinski definition) is 5. The van der Waals surface area contributed by atoms with Crippen molar-refractivity contribution in [3.8, 4) is 0 Å². The van der Waals surface area contributed by atoms with Gasteiger partial charge in [0, 0.05) is 25.2 Å². The molecule has 2 heterocycles. The molecule has 0 atom stereocenters. The van der Waals surface area contributed by atoms with Gasteiger partial charge in [0.05, 0.1) is 0 Å². The minimum Gasteiger partial charge on any atom is -0.339 e. The number of rotatable bonds is 6. The smallest absolute Gasteiger partial charge is 0.226 e. The third-order valence-electron chi connectivity index (χ3n) is 2.44. The largest absolute Gasteiger partial charge is 0.339 e. The van der Waals surface area contributed by atoms with Crippen LogP contribution >= 0.6 is 0 Å². The summed E-state index contributed by atoms with van der Waals surface area (Å²) >= 11 is 0. The Morgan fingerprint density at radius 2 is 2.12 bits per heavy atom. The molecule has 0 saturated carbocycles. The normalized spacial score (nSPS) is 10.6. The average molecular weight is 232 g/mol. The lowest BCUT2D eigenvalue weighted by molar-refractivity contribution is 0.370. The Kier molecular flexibility index (Phi) is 4.21. The van der Waals surface area contributed by atoms with Gasteiger partial charge < -0.3 is 9.84 Å². The van der Waals surface area contributed by atoms with Gasteiger partial charge in [0.1, 0.15) is 0 Å². The van der Waals surface area contributed by atoms with E-state index in [0.29, 0.717) is 12.3 Å². The fourth-order valence-electron chi connectivity index (χ4n) is 1.56. The Morgan fingerprint density at radius 1 is 1.29 bits per heavy atom. The molecule has 0 aliphatic rings. The van der Waals surface area contributed by atoms with Crippen LogP contribution in [0.4, 0.5) is 0 Å². The van der Waals surface area contributed by atoms with Gasteiger partial charge in [0.15, 0.2) is 5.82 Å². The van der Waals surface area contributed by atoms with E-state index in [1.54, 1.807) is 12.4 Å². The first-order chi connectivity index (χ1) is 8.38. The van der Waals surface area contributed by atoms with E-state index in [2.05, 4.69) is 20.4 Å². The summed E-state index contributed by atoms with van der Waals surface area (Å²) in [5.41, 5.74) is 1.14. The number of pyridine rings is 1. The molecule has 2 rings (SSSR count). The quantitative estimate of drug-likeness (QED) is 0.758. The summed E-state index contributed by atoms with van der Waals surface area (Å²) in [4.78, 5) is 8.32. The number of hydrogen-bond donors (Lipinski definition) is 1. The number of aromatic nitrogens is 3. The zero-order chi connectivity index (χ0) is 11.9. The van der Waals surface area contributed by atoms with Crippen molar-refractivity contribution in [2.45, 2.75) is 19.3 Å². The van der Waals surface area contributed by atoms with E-state index in [1.165, 1.54) is 0 Å². The maximum Gasteiger partial charge on any atom is 0.226 e. The summed E-state index contributed by atoms with van der Waals surface area (Å²) in [5, 5.41) is 7.05. The Bertz CT molecular complexity index is 441. The SMILES string of the molecule is CNCCCc1nc(Cc2ccncc2)no1. The van der Waals surface area contributed by atoms with Crippen LogP contribution in [-0.4, -0.2) is 28.7 Å². The van der Waals surface area contributed by atoms with Crippen molar-refractivity contribution in [1.82, 2.24) is 20.4 Å². The van der Waals surface area contributed by atoms with Crippen molar-refractivity contribution in [3.63, 3.8) is 0 Å². The highest BCUT2D eigenvalue weighted by molar-refractivity contribution is 5.14. The zero-order valence-corrected chi connectivity index (χ0v) is 9.89. The van der Waals surface area contributed by atoms with Crippen LogP contribution in [0.2, 0.25) is 0 Å². The molecule has 0 fully saturated rings. The molecule has 0 aromatic carbocycles. The van der Waals surface area contributed by atoms with Gasteiger partial charge in [0.2, 0.25) is 5.89 Å². The van der Waals surface area contributed by atoms with Crippen molar-refractivity contribution in [2.24, 2.45) is 0 Å². The number of aryl methyl sites for hydroxylation is 1. The maximum absolute atomic E-state index is 5.18. The monoisotopic (exact) mass is 232 g/mol. The van der Waals surface area contributed by atoms with E-state index in [-0.39, 0.29) is 0 Å². The van der Waals surface area contributed by atoms with E-state index < -0.39 is 0 Å². The first-order valence-corrected chi connectivity index (χ1v) is 5.73. The molecule has 1 N–H and O–H groups in total. The van der Waals surface area contributed by atoms with Crippen molar-refractivity contribution in [2.75, 3.05) is 13.6 Å². The van der Waals surface area contributed by atoms with Gasteiger partial charge in [-0.3, -0.25) is 4.98 Å². The Labute approximate surface area is 100 Å². The van der Waals surface area contributed by atoms with Gasteiger partial charge in [-0.25, -0.2) is 0 Å². The molecular weight excluding hydrogens is 216 g/mol. The summed E-state index contributed by atoms with van der Waals surface area (Å²) < 4.78 is 5.18. The van der Waals surface area contributed by atoms with Gasteiger partial charge in [0.25, 0.3) is 0 Å². The summed E-state index contributed by atoms with van der Waals surface area (Å²) in [7, 11) is 1.93. The van der Waals surface area contributed by atoms with Gasteiger partial charge >= 0.3 is 0 Å². The molecule has 0 spiro atoms. The van der Waals surface area contributed by atoms with Crippen molar-refractivity contribution >= 4 is 0 Å². The fraction of sp³-hybridized carbons (Fsp3) is 0.417. The predicted octanol–water partition coefficient (Wildman–Crippen LogP) is 1.21. The van der Waals surface area contributed by atoms with Gasteiger partial charge in [-0.15, -0.1) is 0 Å². The van der Waals surface area contributed by atoms with Crippen LogP contribution in [0.5, 0.6) is 0 Å². The highest BCUT2D eigenvalue weighted by atomic mass is 16.5. The van der Waals surface area contributed by atoms with Crippen LogP contribution in [0, 0.1) is 0 Å². The van der Waals surface area contributed by atoms with Crippen LogP contribution in [-0.2, 0) is 12.8 Å². The molecule has 2 aromatic heterocycles. The van der Waals surface area contributed by atoms with Crippen LogP contribution in [0.3, 0.4) is 0 Å². The summed E-state index contributed by atoms with van der Waals surface area (Å²) in [6.07, 6.45) is 6.06. The second-order valence-electron chi connectivity index (χ2n) is 3.84. The minimum atomic E-state index is 0.693. The van der Waals surface area contributed by atoms with Crippen LogP contribution < -0.4 is 5.32 Å². The molecule has 2 aromatic rings. The van der Waals surface area contributed by atoms with Crippen LogP contribution in [0.1, 0.15) is 23.7 Å². The molecular formula is C12H16N4O. The molecule has 0 unspecified atom stereocenters. The summed E-state index contributed by atoms with van der Waals surface area (Å²) in [6.45, 7) is 0.960. The van der Waals surface area contributed by atoms with E-state index in [4.69, 9.17) is 4.52 Å². The molecule has 0 aliphatic heterocycles. The Morgan fingerprint density at radius 3 is 2.88 bits per heavy atom. The average Bonchev–Trinajstić information content (AvgIpc) is 2.79. The molecule has 0 radical (unpaired) electrons. The zero-order valence-electron chi connectivity index (χ0n) is 9.89. The van der Waals surface area contributed by atoms with Crippen LogP contribution in [0.25, 0.3) is 0 Å². The van der Waals surface area contributed by atoms with E-state index in [0.717, 1.165) is 30.8 Å². The second kappa shape index (κ2) is 6.10. The van der Waals surface area contributed by atoms with Gasteiger partial charge in [-0.2, -0.15) is 4.98 Å². The predicted molar refractivity (Wildman–Crippen MR) is 63.6 cm³/mol. The number of nitrogens with zero attached hydrogens (tertiary/aromatic N) is 3. The van der Waals surface area contributed by atoms with Gasteiger partial charge in [-0.05, 0) is 37.7 Å². The first-order valence-electron chi connectivity index (χ1n) is 5.73. The topological polar surface area (TPSA) is 63.8 Å². The third kappa shape index (κ3) is 3.64. The van der Waals surface area contributed by atoms with E-state index in [1.807, 2.05) is 19.2 Å². The van der Waals surface area contributed by atoms with Crippen molar-refractivity contribution in [3.05, 3.63) is 41.8 Å². The highest BCUT2D eigenvalue weighted by Crippen LogP contribution is 2.06. The van der Waals surface area contributed by atoms with E-state index in [9.17, 15) is 0 Å². The third-order valence-corrected chi connectivity index (χ3v) is 2.44. The lowest BCUT2D eigenvalue weighted by Crippen LogP contribution is -2.08. The first kappa shape index (κ1) is 11.7. The van der Waals surface area contributed by atoms with E-state index >= 15 is 0 Å². The molecule has 17 heavy (non-hydrogen) atoms. The molecule has 90 valence electrons. The van der Waals surface area contributed by atoms with Crippen molar-refractivity contribution < 1.29 is 4.52 Å². The Balaban J connectivity index is 1.90. The minimum absolute atomic E-state index is 0.693. The summed E-state index contributed by atoms with van der Waals surface area (Å²) in [6, 6.07) is 3.91. The molecule has 0 bridgehead atoms. The number of nitrogens with one attached hydrogen (secondary N) is 1. The van der Waals surface area contributed by atoms with Crippen molar-refractivity contribution in [1.29, 1.82) is 0 Å². The second-order valence-corrected chi connectivity index (χ2v) is 3.84.